The topological polar surface area (TPSA) is 47.0 Å². The summed E-state index contributed by atoms with van der Waals surface area (Å²) in [5.74, 6) is 1.56. The molecule has 1 aliphatic heterocycles. The molecule has 1 unspecified atom stereocenters. The van der Waals surface area contributed by atoms with Crippen LogP contribution in [0.15, 0.2) is 11.2 Å². The Kier molecular flexibility index (Phi) is 5.53. The first kappa shape index (κ1) is 13.9. The van der Waals surface area contributed by atoms with Gasteiger partial charge in [-0.15, -0.1) is 11.8 Å². The fourth-order valence-corrected chi connectivity index (χ4v) is 2.93. The molecule has 1 fully saturated rings. The number of nitrogens with one attached hydrogen (secondary N) is 1. The average molecular weight is 288 g/mol. The highest BCUT2D eigenvalue weighted by atomic mass is 35.5. The Labute approximate surface area is 117 Å². The van der Waals surface area contributed by atoms with Crippen LogP contribution >= 0.6 is 23.4 Å². The van der Waals surface area contributed by atoms with Gasteiger partial charge in [-0.3, -0.25) is 0 Å². The van der Waals surface area contributed by atoms with Gasteiger partial charge >= 0.3 is 0 Å². The Morgan fingerprint density at radius 2 is 2.50 bits per heavy atom. The van der Waals surface area contributed by atoms with Crippen molar-refractivity contribution in [2.75, 3.05) is 24.2 Å². The highest BCUT2D eigenvalue weighted by Gasteiger charge is 2.17. The van der Waals surface area contributed by atoms with Crippen molar-refractivity contribution in [1.82, 2.24) is 9.97 Å². The van der Waals surface area contributed by atoms with E-state index in [1.807, 2.05) is 0 Å². The fraction of sp³-hybridized carbons (Fsp3) is 0.667. The molecular weight excluding hydrogens is 270 g/mol. The zero-order valence-electron chi connectivity index (χ0n) is 10.5. The van der Waals surface area contributed by atoms with E-state index in [0.29, 0.717) is 17.1 Å². The van der Waals surface area contributed by atoms with Crippen LogP contribution in [0.1, 0.15) is 26.2 Å². The molecule has 0 aliphatic carbocycles. The SMILES string of the molecule is CCCNc1ncc(Cl)c(SCC2CCCO2)n1. The van der Waals surface area contributed by atoms with Crippen LogP contribution in [0.25, 0.3) is 0 Å². The molecular formula is C12H18ClN3OS. The normalized spacial score (nSPS) is 19.1. The van der Waals surface area contributed by atoms with E-state index in [-0.39, 0.29) is 0 Å². The second kappa shape index (κ2) is 7.16. The minimum Gasteiger partial charge on any atom is -0.377 e. The van der Waals surface area contributed by atoms with Crippen molar-refractivity contribution in [3.63, 3.8) is 0 Å². The number of hydrogen-bond donors (Lipinski definition) is 1. The van der Waals surface area contributed by atoms with Gasteiger partial charge in [0.1, 0.15) is 5.03 Å². The average Bonchev–Trinajstić information content (AvgIpc) is 2.89. The third-order valence-corrected chi connectivity index (χ3v) is 4.19. The minimum absolute atomic E-state index is 0.341. The van der Waals surface area contributed by atoms with E-state index in [1.165, 1.54) is 0 Å². The molecule has 1 aliphatic rings. The van der Waals surface area contributed by atoms with Gasteiger partial charge in [0.05, 0.1) is 17.3 Å². The predicted molar refractivity (Wildman–Crippen MR) is 75.5 cm³/mol. The van der Waals surface area contributed by atoms with E-state index in [0.717, 1.165) is 43.2 Å². The number of ether oxygens (including phenoxy) is 1. The van der Waals surface area contributed by atoms with Gasteiger partial charge < -0.3 is 10.1 Å². The van der Waals surface area contributed by atoms with Crippen LogP contribution < -0.4 is 5.32 Å². The fourth-order valence-electron chi connectivity index (χ4n) is 1.72. The van der Waals surface area contributed by atoms with Gasteiger partial charge in [0.25, 0.3) is 0 Å². The number of halogens is 1. The molecule has 0 aromatic carbocycles. The molecule has 1 atom stereocenters. The zero-order chi connectivity index (χ0) is 12.8. The van der Waals surface area contributed by atoms with Crippen molar-refractivity contribution >= 4 is 29.3 Å². The van der Waals surface area contributed by atoms with Crippen LogP contribution in [0.4, 0.5) is 5.95 Å². The summed E-state index contributed by atoms with van der Waals surface area (Å²) >= 11 is 7.75. The maximum absolute atomic E-state index is 6.10. The molecule has 1 N–H and O–H groups in total. The largest absolute Gasteiger partial charge is 0.377 e. The summed E-state index contributed by atoms with van der Waals surface area (Å²) in [6.07, 6.45) is 5.34. The van der Waals surface area contributed by atoms with Gasteiger partial charge in [-0.1, -0.05) is 18.5 Å². The molecule has 0 radical (unpaired) electrons. The van der Waals surface area contributed by atoms with Crippen LogP contribution in [0.3, 0.4) is 0 Å². The summed E-state index contributed by atoms with van der Waals surface area (Å²) in [7, 11) is 0. The van der Waals surface area contributed by atoms with Crippen molar-refractivity contribution in [1.29, 1.82) is 0 Å². The van der Waals surface area contributed by atoms with E-state index >= 15 is 0 Å². The third-order valence-electron chi connectivity index (χ3n) is 2.67. The molecule has 0 saturated carbocycles. The molecule has 100 valence electrons. The van der Waals surface area contributed by atoms with Gasteiger partial charge in [0.15, 0.2) is 0 Å². The molecule has 1 aromatic heterocycles. The van der Waals surface area contributed by atoms with Gasteiger partial charge in [-0.25, -0.2) is 9.97 Å². The lowest BCUT2D eigenvalue weighted by Crippen LogP contribution is -2.09. The van der Waals surface area contributed by atoms with Crippen molar-refractivity contribution in [3.05, 3.63) is 11.2 Å². The van der Waals surface area contributed by atoms with Gasteiger partial charge in [0, 0.05) is 18.9 Å². The van der Waals surface area contributed by atoms with Gasteiger partial charge in [0.2, 0.25) is 5.95 Å². The van der Waals surface area contributed by atoms with E-state index in [4.69, 9.17) is 16.3 Å². The van der Waals surface area contributed by atoms with Crippen molar-refractivity contribution < 1.29 is 4.74 Å². The Balaban J connectivity index is 1.92. The Morgan fingerprint density at radius 3 is 3.22 bits per heavy atom. The first-order valence-electron chi connectivity index (χ1n) is 6.30. The summed E-state index contributed by atoms with van der Waals surface area (Å²) in [5, 5.41) is 4.61. The molecule has 1 aromatic rings. The van der Waals surface area contributed by atoms with E-state index in [9.17, 15) is 0 Å². The molecule has 4 nitrogen and oxygen atoms in total. The molecule has 6 heteroatoms. The lowest BCUT2D eigenvalue weighted by atomic mass is 10.3. The predicted octanol–water partition coefficient (Wildman–Crippen LogP) is 3.22. The van der Waals surface area contributed by atoms with Crippen LogP contribution in [0.5, 0.6) is 0 Å². The van der Waals surface area contributed by atoms with Gasteiger partial charge in [-0.2, -0.15) is 0 Å². The summed E-state index contributed by atoms with van der Waals surface area (Å²) in [6, 6.07) is 0. The standard InChI is InChI=1S/C12H18ClN3OS/c1-2-5-14-12-15-7-10(13)11(16-12)18-8-9-4-3-6-17-9/h7,9H,2-6,8H2,1H3,(H,14,15,16). The highest BCUT2D eigenvalue weighted by Crippen LogP contribution is 2.28. The monoisotopic (exact) mass is 287 g/mol. The lowest BCUT2D eigenvalue weighted by molar-refractivity contribution is 0.129. The van der Waals surface area contributed by atoms with Crippen LogP contribution in [0, 0.1) is 0 Å². The second-order valence-corrected chi connectivity index (χ2v) is 5.64. The molecule has 2 heterocycles. The first-order chi connectivity index (χ1) is 8.79. The summed E-state index contributed by atoms with van der Waals surface area (Å²) < 4.78 is 5.59. The maximum atomic E-state index is 6.10. The Morgan fingerprint density at radius 1 is 1.61 bits per heavy atom. The number of thioether (sulfide) groups is 1. The van der Waals surface area contributed by atoms with Gasteiger partial charge in [-0.05, 0) is 19.3 Å². The number of hydrogen-bond acceptors (Lipinski definition) is 5. The van der Waals surface area contributed by atoms with E-state index in [1.54, 1.807) is 18.0 Å². The molecule has 18 heavy (non-hydrogen) atoms. The zero-order valence-corrected chi connectivity index (χ0v) is 12.1. The molecule has 0 amide bonds. The van der Waals surface area contributed by atoms with Crippen LogP contribution in [0.2, 0.25) is 5.02 Å². The smallest absolute Gasteiger partial charge is 0.223 e. The van der Waals surface area contributed by atoms with Crippen LogP contribution in [-0.2, 0) is 4.74 Å². The quantitative estimate of drug-likeness (QED) is 0.643. The third kappa shape index (κ3) is 4.00. The number of nitrogens with zero attached hydrogens (tertiary/aromatic N) is 2. The van der Waals surface area contributed by atoms with E-state index < -0.39 is 0 Å². The van der Waals surface area contributed by atoms with Crippen molar-refractivity contribution in [2.45, 2.75) is 37.3 Å². The summed E-state index contributed by atoms with van der Waals surface area (Å²) in [5.41, 5.74) is 0. The molecule has 0 spiro atoms. The second-order valence-electron chi connectivity index (χ2n) is 4.22. The summed E-state index contributed by atoms with van der Waals surface area (Å²) in [4.78, 5) is 8.58. The lowest BCUT2D eigenvalue weighted by Gasteiger charge is -2.10. The Bertz CT molecular complexity index is 386. The van der Waals surface area contributed by atoms with Crippen molar-refractivity contribution in [3.8, 4) is 0 Å². The van der Waals surface area contributed by atoms with E-state index in [2.05, 4.69) is 22.2 Å². The Hall–Kier alpha value is -0.520. The first-order valence-corrected chi connectivity index (χ1v) is 7.66. The molecule has 1 saturated heterocycles. The summed E-state index contributed by atoms with van der Waals surface area (Å²) in [6.45, 7) is 3.86. The maximum Gasteiger partial charge on any atom is 0.223 e. The van der Waals surface area contributed by atoms with Crippen LogP contribution in [-0.4, -0.2) is 35.0 Å². The van der Waals surface area contributed by atoms with Crippen molar-refractivity contribution in [2.24, 2.45) is 0 Å². The molecule has 0 bridgehead atoms. The highest BCUT2D eigenvalue weighted by molar-refractivity contribution is 7.99. The number of anilines is 1. The number of rotatable bonds is 6. The minimum atomic E-state index is 0.341. The number of aromatic nitrogens is 2. The molecule has 2 rings (SSSR count).